The molecule has 6 heteroatoms. The van der Waals surface area contributed by atoms with Gasteiger partial charge in [-0.15, -0.1) is 0 Å². The minimum atomic E-state index is -0.255. The summed E-state index contributed by atoms with van der Waals surface area (Å²) in [6, 6.07) is 18.6. The summed E-state index contributed by atoms with van der Waals surface area (Å²) in [4.78, 5) is 16.6. The van der Waals surface area contributed by atoms with Crippen LogP contribution in [-0.4, -0.2) is 17.0 Å². The van der Waals surface area contributed by atoms with Crippen LogP contribution in [0.1, 0.15) is 29.9 Å². The molecule has 0 spiro atoms. The summed E-state index contributed by atoms with van der Waals surface area (Å²) in [5, 5.41) is 6.73. The van der Waals surface area contributed by atoms with Gasteiger partial charge in [-0.05, 0) is 49.7 Å². The Hall–Kier alpha value is -3.05. The molecule has 0 aliphatic rings. The highest BCUT2D eigenvalue weighted by Gasteiger charge is 2.09. The van der Waals surface area contributed by atoms with Gasteiger partial charge in [0, 0.05) is 11.6 Å². The van der Waals surface area contributed by atoms with Gasteiger partial charge in [0.1, 0.15) is 11.4 Å². The number of anilines is 2. The van der Waals surface area contributed by atoms with Gasteiger partial charge in [0.05, 0.1) is 23.7 Å². The minimum absolute atomic E-state index is 0.0743. The first kappa shape index (κ1) is 19.7. The molecule has 1 amide bonds. The molecular formula is C22H22ClN3O2. The largest absolute Gasteiger partial charge is 0.489 e. The highest BCUT2D eigenvalue weighted by atomic mass is 35.5. The molecule has 0 unspecified atom stereocenters. The Morgan fingerprint density at radius 3 is 2.54 bits per heavy atom. The van der Waals surface area contributed by atoms with Crippen LogP contribution in [0.25, 0.3) is 0 Å². The van der Waals surface area contributed by atoms with Crippen molar-refractivity contribution in [2.75, 3.05) is 5.32 Å². The fourth-order valence-corrected chi connectivity index (χ4v) is 2.79. The molecule has 0 bridgehead atoms. The number of ether oxygens (including phenoxy) is 1. The van der Waals surface area contributed by atoms with Crippen LogP contribution in [0.5, 0.6) is 5.75 Å². The summed E-state index contributed by atoms with van der Waals surface area (Å²) in [5.41, 5.74) is 2.80. The Kier molecular flexibility index (Phi) is 6.50. The van der Waals surface area contributed by atoms with Crippen molar-refractivity contribution in [3.8, 4) is 5.75 Å². The van der Waals surface area contributed by atoms with Crippen LogP contribution in [0.4, 0.5) is 11.4 Å². The van der Waals surface area contributed by atoms with Crippen LogP contribution >= 0.6 is 11.6 Å². The van der Waals surface area contributed by atoms with Crippen LogP contribution < -0.4 is 15.4 Å². The van der Waals surface area contributed by atoms with Gasteiger partial charge in [-0.3, -0.25) is 4.79 Å². The smallest absolute Gasteiger partial charge is 0.270 e. The molecule has 3 aromatic rings. The second-order valence-electron chi connectivity index (χ2n) is 6.49. The van der Waals surface area contributed by atoms with E-state index >= 15 is 0 Å². The molecule has 1 aromatic heterocycles. The number of amides is 1. The summed E-state index contributed by atoms with van der Waals surface area (Å²) in [5.74, 6) is 0.508. The van der Waals surface area contributed by atoms with Crippen molar-refractivity contribution >= 4 is 28.9 Å². The molecule has 0 atom stereocenters. The summed E-state index contributed by atoms with van der Waals surface area (Å²) in [6.07, 6.45) is 1.70. The highest BCUT2D eigenvalue weighted by Crippen LogP contribution is 2.28. The number of hydrogen-bond acceptors (Lipinski definition) is 4. The first-order chi connectivity index (χ1) is 13.5. The predicted molar refractivity (Wildman–Crippen MR) is 112 cm³/mol. The van der Waals surface area contributed by atoms with E-state index in [1.165, 1.54) is 0 Å². The Morgan fingerprint density at radius 2 is 1.82 bits per heavy atom. The van der Waals surface area contributed by atoms with Gasteiger partial charge in [0.15, 0.2) is 0 Å². The third kappa shape index (κ3) is 5.24. The normalized spacial score (nSPS) is 10.6. The number of rotatable bonds is 7. The van der Waals surface area contributed by atoms with Crippen LogP contribution in [0, 0.1) is 0 Å². The molecule has 0 aliphatic heterocycles. The quantitative estimate of drug-likeness (QED) is 0.577. The lowest BCUT2D eigenvalue weighted by Crippen LogP contribution is -2.23. The molecule has 1 heterocycles. The maximum atomic E-state index is 12.3. The lowest BCUT2D eigenvalue weighted by Gasteiger charge is -2.15. The summed E-state index contributed by atoms with van der Waals surface area (Å²) in [7, 11) is 0. The van der Waals surface area contributed by atoms with Crippen molar-refractivity contribution in [1.82, 2.24) is 10.3 Å². The summed E-state index contributed by atoms with van der Waals surface area (Å²) < 4.78 is 5.81. The molecule has 0 saturated carbocycles. The topological polar surface area (TPSA) is 63.2 Å². The van der Waals surface area contributed by atoms with Crippen molar-refractivity contribution in [3.63, 3.8) is 0 Å². The second-order valence-corrected chi connectivity index (χ2v) is 6.90. The lowest BCUT2D eigenvalue weighted by atomic mass is 10.2. The zero-order chi connectivity index (χ0) is 19.9. The third-order valence-corrected chi connectivity index (χ3v) is 4.29. The van der Waals surface area contributed by atoms with E-state index in [4.69, 9.17) is 16.3 Å². The maximum absolute atomic E-state index is 12.3. The van der Waals surface area contributed by atoms with Gasteiger partial charge >= 0.3 is 0 Å². The van der Waals surface area contributed by atoms with Gasteiger partial charge in [0.2, 0.25) is 0 Å². The molecule has 0 radical (unpaired) electrons. The monoisotopic (exact) mass is 395 g/mol. The molecule has 3 rings (SSSR count). The maximum Gasteiger partial charge on any atom is 0.270 e. The number of pyridine rings is 1. The molecule has 0 saturated heterocycles. The van der Waals surface area contributed by atoms with E-state index in [9.17, 15) is 4.79 Å². The van der Waals surface area contributed by atoms with E-state index in [0.29, 0.717) is 17.3 Å². The van der Waals surface area contributed by atoms with Gasteiger partial charge in [-0.2, -0.15) is 0 Å². The van der Waals surface area contributed by atoms with E-state index in [2.05, 4.69) is 15.6 Å². The number of hydrogen-bond donors (Lipinski definition) is 2. The molecule has 2 N–H and O–H groups in total. The molecule has 28 heavy (non-hydrogen) atoms. The van der Waals surface area contributed by atoms with E-state index < -0.39 is 0 Å². The number of para-hydroxylation sites is 2. The van der Waals surface area contributed by atoms with Crippen LogP contribution in [0.2, 0.25) is 5.02 Å². The predicted octanol–water partition coefficient (Wildman–Crippen LogP) is 5.20. The fraction of sp³-hybridized carbons (Fsp3) is 0.182. The Balaban J connectivity index is 1.64. The van der Waals surface area contributed by atoms with Crippen molar-refractivity contribution in [2.24, 2.45) is 0 Å². The first-order valence-electron chi connectivity index (χ1n) is 9.03. The van der Waals surface area contributed by atoms with Gasteiger partial charge in [0.25, 0.3) is 5.91 Å². The highest BCUT2D eigenvalue weighted by molar-refractivity contribution is 6.31. The molecule has 0 fully saturated rings. The Morgan fingerprint density at radius 1 is 1.07 bits per heavy atom. The molecule has 0 aliphatic carbocycles. The number of halogens is 1. The number of aromatic nitrogens is 1. The van der Waals surface area contributed by atoms with Crippen LogP contribution in [0.15, 0.2) is 66.9 Å². The van der Waals surface area contributed by atoms with Gasteiger partial charge in [-0.1, -0.05) is 41.9 Å². The van der Waals surface area contributed by atoms with Crippen LogP contribution in [-0.2, 0) is 6.54 Å². The molecule has 5 nitrogen and oxygen atoms in total. The van der Waals surface area contributed by atoms with E-state index in [0.717, 1.165) is 22.7 Å². The van der Waals surface area contributed by atoms with Crippen LogP contribution in [0.3, 0.4) is 0 Å². The number of carbonyl (C=O) groups excluding carboxylic acids is 1. The first-order valence-corrected chi connectivity index (χ1v) is 9.41. The number of nitrogens with one attached hydrogen (secondary N) is 2. The van der Waals surface area contributed by atoms with Gasteiger partial charge in [-0.25, -0.2) is 4.98 Å². The van der Waals surface area contributed by atoms with Crippen molar-refractivity contribution in [3.05, 3.63) is 83.1 Å². The zero-order valence-electron chi connectivity index (χ0n) is 15.8. The summed E-state index contributed by atoms with van der Waals surface area (Å²) >= 11 is 6.11. The minimum Gasteiger partial charge on any atom is -0.489 e. The SMILES string of the molecule is CC(C)Oc1ccccc1Nc1ccc(C(=O)NCc2ccccc2Cl)nc1. The van der Waals surface area contributed by atoms with E-state index in [1.54, 1.807) is 18.3 Å². The molecule has 144 valence electrons. The molecule has 2 aromatic carbocycles. The average Bonchev–Trinajstić information content (AvgIpc) is 2.69. The number of nitrogens with zero attached hydrogens (tertiary/aromatic N) is 1. The fourth-order valence-electron chi connectivity index (χ4n) is 2.59. The Bertz CT molecular complexity index is 943. The lowest BCUT2D eigenvalue weighted by molar-refractivity contribution is 0.0946. The number of carbonyl (C=O) groups is 1. The number of benzene rings is 2. The average molecular weight is 396 g/mol. The van der Waals surface area contributed by atoms with E-state index in [-0.39, 0.29) is 12.0 Å². The molecular weight excluding hydrogens is 374 g/mol. The van der Waals surface area contributed by atoms with Gasteiger partial charge < -0.3 is 15.4 Å². The third-order valence-electron chi connectivity index (χ3n) is 3.92. The summed E-state index contributed by atoms with van der Waals surface area (Å²) in [6.45, 7) is 4.31. The second kappa shape index (κ2) is 9.24. The van der Waals surface area contributed by atoms with E-state index in [1.807, 2.05) is 62.4 Å². The van der Waals surface area contributed by atoms with Crippen molar-refractivity contribution in [1.29, 1.82) is 0 Å². The zero-order valence-corrected chi connectivity index (χ0v) is 16.5. The standard InChI is InChI=1S/C22H22ClN3O2/c1-15(2)28-21-10-6-5-9-19(21)26-17-11-12-20(24-14-17)22(27)25-13-16-7-3-4-8-18(16)23/h3-12,14-15,26H,13H2,1-2H3,(H,25,27). The van der Waals surface area contributed by atoms with Crippen molar-refractivity contribution in [2.45, 2.75) is 26.5 Å². The van der Waals surface area contributed by atoms with Crippen molar-refractivity contribution < 1.29 is 9.53 Å². The Labute approximate surface area is 169 Å².